The number of carboxylic acid groups (broad SMARTS) is 1. The first-order valence-corrected chi connectivity index (χ1v) is 18.1. The van der Waals surface area contributed by atoms with Crippen molar-refractivity contribution in [3.63, 3.8) is 0 Å². The molecule has 14 heteroatoms. The Kier molecular flexibility index (Phi) is 11.0. The van der Waals surface area contributed by atoms with E-state index in [0.717, 1.165) is 30.6 Å². The van der Waals surface area contributed by atoms with Crippen molar-refractivity contribution >= 4 is 45.2 Å². The van der Waals surface area contributed by atoms with E-state index >= 15 is 0 Å². The number of thiophene rings is 1. The van der Waals surface area contributed by atoms with Gasteiger partial charge in [-0.1, -0.05) is 59.1 Å². The van der Waals surface area contributed by atoms with Gasteiger partial charge in [-0.15, -0.1) is 11.3 Å². The van der Waals surface area contributed by atoms with Crippen LogP contribution in [0.4, 0.5) is 4.79 Å². The lowest BCUT2D eigenvalue weighted by molar-refractivity contribution is -0.145. The molecule has 0 bridgehead atoms. The summed E-state index contributed by atoms with van der Waals surface area (Å²) in [5, 5.41) is 19.8. The zero-order valence-electron chi connectivity index (χ0n) is 26.6. The van der Waals surface area contributed by atoms with Crippen LogP contribution in [0.2, 0.25) is 0 Å². The molecule has 1 saturated carbocycles. The Morgan fingerprint density at radius 3 is 2.62 bits per heavy atom. The van der Waals surface area contributed by atoms with Gasteiger partial charge in [0.25, 0.3) is 0 Å². The summed E-state index contributed by atoms with van der Waals surface area (Å²) in [4.78, 5) is 53.9. The van der Waals surface area contributed by atoms with E-state index in [2.05, 4.69) is 22.9 Å². The minimum atomic E-state index is -3.64. The van der Waals surface area contributed by atoms with Gasteiger partial charge in [-0.25, -0.2) is 18.0 Å². The van der Waals surface area contributed by atoms with E-state index in [1.54, 1.807) is 11.4 Å². The molecule has 1 aliphatic carbocycles. The molecule has 1 saturated heterocycles. The SMILES string of the molecule is CCCCCC/C=C\C1C[C@]1(NC(=O)[C@@H]1CCCN1C(=O)CNC(=O)NC(CN1Cc2sccc2S1(=O)=O)C(C)(C)C)C(=O)O. The van der Waals surface area contributed by atoms with Gasteiger partial charge >= 0.3 is 12.0 Å². The fourth-order valence-electron chi connectivity index (χ4n) is 5.98. The molecule has 0 spiro atoms. The molecule has 4 rings (SSSR count). The number of carbonyl (C=O) groups excluding carboxylic acids is 3. The average molecular weight is 666 g/mol. The second kappa shape index (κ2) is 14.2. The van der Waals surface area contributed by atoms with Crippen LogP contribution in [-0.2, 0) is 31.0 Å². The van der Waals surface area contributed by atoms with Crippen molar-refractivity contribution in [3.8, 4) is 0 Å². The summed E-state index contributed by atoms with van der Waals surface area (Å²) < 4.78 is 27.3. The van der Waals surface area contributed by atoms with Crippen molar-refractivity contribution in [2.75, 3.05) is 19.6 Å². The molecule has 4 atom stereocenters. The maximum absolute atomic E-state index is 13.2. The standard InChI is InChI=1S/C31H47N5O7S2/c1-5-6-7-8-9-10-12-21-17-31(21,28(39)40)34-27(38)22-13-11-15-36(22)26(37)18-32-29(41)33-25(30(2,3)4)20-35-19-23-24(14-16-44-23)45(35,42)43/h10,12,14,16,21-22,25H,5-9,11,13,15,17-20H2,1-4H3,(H,34,38)(H,39,40)(H2,32,33,41)/b12-10-/t21?,22-,25?,31+/m0/s1. The molecule has 1 aromatic heterocycles. The number of sulfonamides is 1. The second-order valence-corrected chi connectivity index (χ2v) is 16.3. The first-order chi connectivity index (χ1) is 21.2. The van der Waals surface area contributed by atoms with Crippen LogP contribution in [0.25, 0.3) is 0 Å². The molecule has 12 nitrogen and oxygen atoms in total. The molecule has 2 fully saturated rings. The molecule has 2 unspecified atom stereocenters. The highest BCUT2D eigenvalue weighted by molar-refractivity contribution is 7.89. The third kappa shape index (κ3) is 8.07. The molecule has 0 aromatic carbocycles. The number of allylic oxidation sites excluding steroid dienone is 1. The average Bonchev–Trinajstić information content (AvgIpc) is 3.31. The third-order valence-electron chi connectivity index (χ3n) is 8.99. The van der Waals surface area contributed by atoms with Gasteiger partial charge in [0.2, 0.25) is 21.8 Å². The van der Waals surface area contributed by atoms with Crippen LogP contribution in [0.15, 0.2) is 28.5 Å². The quantitative estimate of drug-likeness (QED) is 0.175. The normalized spacial score (nSPS) is 24.8. The maximum atomic E-state index is 13.2. The number of carbonyl (C=O) groups is 4. The highest BCUT2D eigenvalue weighted by atomic mass is 32.2. The number of likely N-dealkylation sites (tertiary alicyclic amines) is 1. The fourth-order valence-corrected chi connectivity index (χ4v) is 8.91. The number of hydrogen-bond acceptors (Lipinski definition) is 7. The predicted octanol–water partition coefficient (Wildman–Crippen LogP) is 3.44. The maximum Gasteiger partial charge on any atom is 0.330 e. The molecule has 4 N–H and O–H groups in total. The van der Waals surface area contributed by atoms with E-state index in [-0.39, 0.29) is 25.6 Å². The van der Waals surface area contributed by atoms with E-state index in [0.29, 0.717) is 30.7 Å². The van der Waals surface area contributed by atoms with Crippen molar-refractivity contribution in [2.45, 2.75) is 108 Å². The van der Waals surface area contributed by atoms with Crippen molar-refractivity contribution in [1.82, 2.24) is 25.2 Å². The molecular weight excluding hydrogens is 619 g/mol. The summed E-state index contributed by atoms with van der Waals surface area (Å²) in [5.74, 6) is -2.33. The van der Waals surface area contributed by atoms with Gasteiger partial charge in [0.1, 0.15) is 11.6 Å². The first-order valence-electron chi connectivity index (χ1n) is 15.8. The highest BCUT2D eigenvalue weighted by Gasteiger charge is 2.61. The number of urea groups is 1. The van der Waals surface area contributed by atoms with E-state index in [9.17, 15) is 32.7 Å². The van der Waals surface area contributed by atoms with Crippen LogP contribution in [0.3, 0.4) is 0 Å². The minimum Gasteiger partial charge on any atom is -0.479 e. The lowest BCUT2D eigenvalue weighted by Crippen LogP contribution is -2.56. The van der Waals surface area contributed by atoms with Gasteiger partial charge in [-0.2, -0.15) is 4.31 Å². The van der Waals surface area contributed by atoms with E-state index < -0.39 is 56.9 Å². The lowest BCUT2D eigenvalue weighted by atomic mass is 9.86. The summed E-state index contributed by atoms with van der Waals surface area (Å²) >= 11 is 1.38. The van der Waals surface area contributed by atoms with Crippen LogP contribution >= 0.6 is 11.3 Å². The number of nitrogens with one attached hydrogen (secondary N) is 3. The van der Waals surface area contributed by atoms with Gasteiger partial charge in [-0.05, 0) is 49.0 Å². The van der Waals surface area contributed by atoms with Gasteiger partial charge in [0.05, 0.1) is 11.4 Å². The third-order valence-corrected chi connectivity index (χ3v) is 11.9. The number of rotatable bonds is 14. The number of nitrogens with zero attached hydrogens (tertiary/aromatic N) is 2. The Morgan fingerprint density at radius 2 is 1.96 bits per heavy atom. The van der Waals surface area contributed by atoms with Crippen molar-refractivity contribution in [1.29, 1.82) is 0 Å². The van der Waals surface area contributed by atoms with Gasteiger partial charge in [-0.3, -0.25) is 9.59 Å². The number of amides is 4. The topological polar surface area (TPSA) is 165 Å². The first kappa shape index (κ1) is 34.9. The van der Waals surface area contributed by atoms with Crippen LogP contribution < -0.4 is 16.0 Å². The number of fused-ring (bicyclic) bond motifs is 1. The molecular formula is C31H47N5O7S2. The zero-order chi connectivity index (χ0) is 33.0. The largest absolute Gasteiger partial charge is 0.479 e. The minimum absolute atomic E-state index is 0.0728. The van der Waals surface area contributed by atoms with Crippen LogP contribution in [0.5, 0.6) is 0 Å². The van der Waals surface area contributed by atoms with Crippen molar-refractivity contribution < 1.29 is 32.7 Å². The van der Waals surface area contributed by atoms with E-state index in [1.807, 2.05) is 32.9 Å². The summed E-state index contributed by atoms with van der Waals surface area (Å²) in [6.07, 6.45) is 10.5. The number of hydrogen-bond donors (Lipinski definition) is 4. The zero-order valence-corrected chi connectivity index (χ0v) is 28.3. The number of carboxylic acids is 1. The lowest BCUT2D eigenvalue weighted by Gasteiger charge is -2.34. The monoisotopic (exact) mass is 665 g/mol. The highest BCUT2D eigenvalue weighted by Crippen LogP contribution is 2.45. The molecule has 3 heterocycles. The molecule has 250 valence electrons. The van der Waals surface area contributed by atoms with E-state index in [4.69, 9.17) is 0 Å². The predicted molar refractivity (Wildman–Crippen MR) is 171 cm³/mol. The molecule has 3 aliphatic rings. The van der Waals surface area contributed by atoms with Gasteiger partial charge in [0.15, 0.2) is 0 Å². The van der Waals surface area contributed by atoms with Crippen LogP contribution in [0, 0.1) is 11.3 Å². The van der Waals surface area contributed by atoms with Crippen LogP contribution in [0.1, 0.15) is 83.9 Å². The van der Waals surface area contributed by atoms with Crippen molar-refractivity contribution in [2.24, 2.45) is 11.3 Å². The second-order valence-electron chi connectivity index (χ2n) is 13.4. The summed E-state index contributed by atoms with van der Waals surface area (Å²) in [6.45, 7) is 8.12. The van der Waals surface area contributed by atoms with Crippen molar-refractivity contribution in [3.05, 3.63) is 28.5 Å². The number of aliphatic carboxylic acids is 1. The Balaban J connectivity index is 1.28. The van der Waals surface area contributed by atoms with Crippen LogP contribution in [-0.4, -0.2) is 83.8 Å². The molecule has 2 aliphatic heterocycles. The molecule has 4 amide bonds. The van der Waals surface area contributed by atoms with Gasteiger partial charge < -0.3 is 26.0 Å². The Bertz CT molecular complexity index is 1400. The Morgan fingerprint density at radius 1 is 1.20 bits per heavy atom. The Labute approximate surface area is 270 Å². The summed E-state index contributed by atoms with van der Waals surface area (Å²) in [6, 6.07) is -0.397. The number of unbranched alkanes of at least 4 members (excludes halogenated alkanes) is 4. The summed E-state index contributed by atoms with van der Waals surface area (Å²) in [5.41, 5.74) is -1.85. The van der Waals surface area contributed by atoms with Gasteiger partial charge in [0, 0.05) is 36.5 Å². The Hall–Kier alpha value is -2.97. The smallest absolute Gasteiger partial charge is 0.330 e. The molecule has 0 radical (unpaired) electrons. The molecule has 45 heavy (non-hydrogen) atoms. The molecule has 1 aromatic rings. The van der Waals surface area contributed by atoms with E-state index in [1.165, 1.54) is 27.0 Å². The fraction of sp³-hybridized carbons (Fsp3) is 0.677. The summed E-state index contributed by atoms with van der Waals surface area (Å²) in [7, 11) is -3.64.